The maximum atomic E-state index is 12.5. The second kappa shape index (κ2) is 7.19. The second-order valence-corrected chi connectivity index (χ2v) is 8.84. The minimum absolute atomic E-state index is 0.00931. The summed E-state index contributed by atoms with van der Waals surface area (Å²) in [6, 6.07) is 10.5. The van der Waals surface area contributed by atoms with Crippen LogP contribution >= 0.6 is 0 Å². The van der Waals surface area contributed by atoms with E-state index >= 15 is 0 Å². The molecule has 0 bridgehead atoms. The fourth-order valence-corrected chi connectivity index (χ4v) is 5.62. The molecule has 3 heteroatoms. The molecule has 1 heterocycles. The van der Waals surface area contributed by atoms with E-state index in [9.17, 15) is 4.79 Å². The number of benzene rings is 1. The van der Waals surface area contributed by atoms with Gasteiger partial charge in [0, 0.05) is 12.5 Å². The Kier molecular flexibility index (Phi) is 4.92. The first-order valence-corrected chi connectivity index (χ1v) is 10.2. The third-order valence-corrected chi connectivity index (χ3v) is 7.12. The Bertz CT molecular complexity index is 670. The average Bonchev–Trinajstić information content (AvgIpc) is 2.92. The van der Waals surface area contributed by atoms with E-state index in [1.165, 1.54) is 24.0 Å². The predicted octanol–water partition coefficient (Wildman–Crippen LogP) is 4.13. The Labute approximate surface area is 157 Å². The van der Waals surface area contributed by atoms with E-state index in [0.717, 1.165) is 38.8 Å². The number of carbonyl (C=O) groups excluding carboxylic acids is 1. The van der Waals surface area contributed by atoms with Crippen molar-refractivity contribution < 1.29 is 9.53 Å². The fraction of sp³-hybridized carbons (Fsp3) is 0.609. The summed E-state index contributed by atoms with van der Waals surface area (Å²) in [4.78, 5) is 12.5. The van der Waals surface area contributed by atoms with Gasteiger partial charge in [-0.25, -0.2) is 0 Å². The van der Waals surface area contributed by atoms with Gasteiger partial charge in [-0.05, 0) is 62.0 Å². The fourth-order valence-electron chi connectivity index (χ4n) is 5.62. The predicted molar refractivity (Wildman–Crippen MR) is 104 cm³/mol. The van der Waals surface area contributed by atoms with Gasteiger partial charge >= 0.3 is 5.97 Å². The second-order valence-electron chi connectivity index (χ2n) is 8.84. The van der Waals surface area contributed by atoms with Crippen LogP contribution in [0.3, 0.4) is 0 Å². The number of carbonyl (C=O) groups is 1. The van der Waals surface area contributed by atoms with E-state index in [2.05, 4.69) is 43.1 Å². The summed E-state index contributed by atoms with van der Waals surface area (Å²) in [5.74, 6) is 0.952. The molecule has 26 heavy (non-hydrogen) atoms. The Hall–Kier alpha value is -1.61. The molecule has 1 aromatic carbocycles. The van der Waals surface area contributed by atoms with E-state index in [0.29, 0.717) is 11.8 Å². The summed E-state index contributed by atoms with van der Waals surface area (Å²) in [7, 11) is 0. The minimum atomic E-state index is 0.00931. The van der Waals surface area contributed by atoms with E-state index < -0.39 is 0 Å². The smallest absolute Gasteiger partial charge is 0.310 e. The topological polar surface area (TPSA) is 38.3 Å². The van der Waals surface area contributed by atoms with Crippen LogP contribution in [-0.4, -0.2) is 25.2 Å². The molecule has 0 aromatic heterocycles. The first-order chi connectivity index (χ1) is 12.6. The van der Waals surface area contributed by atoms with Gasteiger partial charge in [0.25, 0.3) is 0 Å². The number of hydrogen-bond donors (Lipinski definition) is 1. The van der Waals surface area contributed by atoms with Crippen molar-refractivity contribution in [1.82, 2.24) is 5.32 Å². The summed E-state index contributed by atoms with van der Waals surface area (Å²) in [5, 5.41) is 3.51. The van der Waals surface area contributed by atoms with E-state index in [-0.39, 0.29) is 23.4 Å². The molecule has 1 N–H and O–H groups in total. The lowest BCUT2D eigenvalue weighted by Gasteiger charge is -2.50. The van der Waals surface area contributed by atoms with Crippen molar-refractivity contribution in [2.75, 3.05) is 13.1 Å². The number of rotatable bonds is 5. The Balaban J connectivity index is 1.36. The molecular weight excluding hydrogens is 322 g/mol. The van der Waals surface area contributed by atoms with Crippen LogP contribution in [0.15, 0.2) is 42.5 Å². The molecule has 140 valence electrons. The molecule has 1 saturated heterocycles. The standard InChI is InChI=1S/C23H31NO2/c1-16-7-6-11-23(2)14-21-18(13-20(16)23)19(22(25)26-21)15-24-12-10-17-8-4-3-5-9-17/h3-5,8-9,18-21,24H,1,6-7,10-15H2,2H3/t18-,19-,20+,21+,23-/m0/s1. The minimum Gasteiger partial charge on any atom is -0.462 e. The number of ether oxygens (including phenoxy) is 1. The molecule has 0 amide bonds. The lowest BCUT2D eigenvalue weighted by atomic mass is 9.55. The van der Waals surface area contributed by atoms with Gasteiger partial charge in [0.1, 0.15) is 6.10 Å². The highest BCUT2D eigenvalue weighted by molar-refractivity contribution is 5.75. The highest BCUT2D eigenvalue weighted by Gasteiger charge is 2.54. The van der Waals surface area contributed by atoms with Crippen LogP contribution in [0.4, 0.5) is 0 Å². The molecular formula is C23H31NO2. The molecule has 2 aliphatic carbocycles. The van der Waals surface area contributed by atoms with Gasteiger partial charge in [0.15, 0.2) is 0 Å². The lowest BCUT2D eigenvalue weighted by Crippen LogP contribution is -2.45. The molecule has 4 rings (SSSR count). The monoisotopic (exact) mass is 353 g/mol. The first kappa shape index (κ1) is 17.8. The molecule has 0 unspecified atom stereocenters. The SMILES string of the molecule is C=C1CCC[C@@]2(C)C[C@H]3OC(=O)[C@@H](CNCCc4ccccc4)[C@@H]3C[C@H]12. The van der Waals surface area contributed by atoms with E-state index in [4.69, 9.17) is 4.74 Å². The van der Waals surface area contributed by atoms with Crippen LogP contribution in [0.1, 0.15) is 44.6 Å². The number of nitrogens with one attached hydrogen (secondary N) is 1. The van der Waals surface area contributed by atoms with Gasteiger partial charge in [-0.1, -0.05) is 49.4 Å². The molecule has 0 spiro atoms. The lowest BCUT2D eigenvalue weighted by molar-refractivity contribution is -0.146. The molecule has 5 atom stereocenters. The van der Waals surface area contributed by atoms with Crippen LogP contribution in [0.2, 0.25) is 0 Å². The summed E-state index contributed by atoms with van der Waals surface area (Å²) >= 11 is 0. The van der Waals surface area contributed by atoms with Gasteiger partial charge in [0.05, 0.1) is 5.92 Å². The van der Waals surface area contributed by atoms with Crippen LogP contribution in [0, 0.1) is 23.2 Å². The van der Waals surface area contributed by atoms with E-state index in [1.807, 2.05) is 6.07 Å². The van der Waals surface area contributed by atoms with Crippen molar-refractivity contribution in [3.63, 3.8) is 0 Å². The maximum Gasteiger partial charge on any atom is 0.310 e. The Morgan fingerprint density at radius 2 is 2.12 bits per heavy atom. The van der Waals surface area contributed by atoms with Crippen molar-refractivity contribution in [3.05, 3.63) is 48.0 Å². The zero-order valence-electron chi connectivity index (χ0n) is 15.9. The van der Waals surface area contributed by atoms with Crippen LogP contribution in [-0.2, 0) is 16.0 Å². The molecule has 1 aliphatic heterocycles. The van der Waals surface area contributed by atoms with Gasteiger partial charge < -0.3 is 10.1 Å². The maximum absolute atomic E-state index is 12.5. The van der Waals surface area contributed by atoms with Crippen LogP contribution in [0.5, 0.6) is 0 Å². The molecule has 2 saturated carbocycles. The van der Waals surface area contributed by atoms with Crippen molar-refractivity contribution in [2.24, 2.45) is 23.2 Å². The van der Waals surface area contributed by atoms with Crippen LogP contribution < -0.4 is 5.32 Å². The van der Waals surface area contributed by atoms with Gasteiger partial charge in [-0.15, -0.1) is 0 Å². The molecule has 3 aliphatic rings. The van der Waals surface area contributed by atoms with E-state index in [1.54, 1.807) is 0 Å². The molecule has 3 fully saturated rings. The van der Waals surface area contributed by atoms with Crippen molar-refractivity contribution in [1.29, 1.82) is 0 Å². The molecule has 3 nitrogen and oxygen atoms in total. The number of hydrogen-bond acceptors (Lipinski definition) is 3. The largest absolute Gasteiger partial charge is 0.462 e. The summed E-state index contributed by atoms with van der Waals surface area (Å²) in [6.45, 7) is 8.40. The average molecular weight is 354 g/mol. The highest BCUT2D eigenvalue weighted by Crippen LogP contribution is 2.56. The number of esters is 1. The zero-order valence-corrected chi connectivity index (χ0v) is 15.9. The number of allylic oxidation sites excluding steroid dienone is 1. The van der Waals surface area contributed by atoms with Crippen molar-refractivity contribution >= 4 is 5.97 Å². The Morgan fingerprint density at radius 3 is 2.92 bits per heavy atom. The molecule has 0 radical (unpaired) electrons. The van der Waals surface area contributed by atoms with Crippen molar-refractivity contribution in [3.8, 4) is 0 Å². The van der Waals surface area contributed by atoms with Gasteiger partial charge in [-0.2, -0.15) is 0 Å². The quantitative estimate of drug-likeness (QED) is 0.491. The first-order valence-electron chi connectivity index (χ1n) is 10.2. The Morgan fingerprint density at radius 1 is 1.31 bits per heavy atom. The summed E-state index contributed by atoms with van der Waals surface area (Å²) in [6.07, 6.45) is 6.86. The summed E-state index contributed by atoms with van der Waals surface area (Å²) in [5.41, 5.74) is 3.03. The summed E-state index contributed by atoms with van der Waals surface area (Å²) < 4.78 is 5.83. The molecule has 1 aromatic rings. The zero-order chi connectivity index (χ0) is 18.1. The van der Waals surface area contributed by atoms with Gasteiger partial charge in [-0.3, -0.25) is 4.79 Å². The third kappa shape index (κ3) is 3.34. The highest BCUT2D eigenvalue weighted by atomic mass is 16.6. The van der Waals surface area contributed by atoms with Crippen molar-refractivity contribution in [2.45, 2.75) is 51.6 Å². The number of fused-ring (bicyclic) bond motifs is 2. The van der Waals surface area contributed by atoms with Crippen LogP contribution in [0.25, 0.3) is 0 Å². The third-order valence-electron chi connectivity index (χ3n) is 7.12. The van der Waals surface area contributed by atoms with Gasteiger partial charge in [0.2, 0.25) is 0 Å². The normalized spacial score (nSPS) is 36.3.